The summed E-state index contributed by atoms with van der Waals surface area (Å²) in [7, 11) is -1.00. The maximum atomic E-state index is 10.4. The highest BCUT2D eigenvalue weighted by Crippen LogP contribution is 2.61. The van der Waals surface area contributed by atoms with Gasteiger partial charge in [0.05, 0.1) is 31.7 Å². The lowest BCUT2D eigenvalue weighted by atomic mass is 10.3. The Balaban J connectivity index is 0.000000262. The predicted molar refractivity (Wildman–Crippen MR) is 135 cm³/mol. The summed E-state index contributed by atoms with van der Waals surface area (Å²) in [6.45, 7) is 0. The summed E-state index contributed by atoms with van der Waals surface area (Å²) in [6.07, 6.45) is 7.58. The Bertz CT molecular complexity index is 1150. The maximum Gasteiger partial charge on any atom is 0.339 e. The molecule has 0 fully saturated rings. The van der Waals surface area contributed by atoms with Gasteiger partial charge in [0.1, 0.15) is 0 Å². The van der Waals surface area contributed by atoms with Crippen LogP contribution in [0.1, 0.15) is 11.7 Å². The minimum absolute atomic E-state index is 0.556. The molecule has 2 heterocycles. The highest BCUT2D eigenvalue weighted by molar-refractivity contribution is 8.24. The normalized spacial score (nSPS) is 10.3. The monoisotopic (exact) mass is 571 g/mol. The van der Waals surface area contributed by atoms with E-state index in [0.717, 1.165) is 22.7 Å². The second kappa shape index (κ2) is 15.1. The van der Waals surface area contributed by atoms with Crippen LogP contribution in [0.25, 0.3) is 11.4 Å². The molecule has 4 rings (SSSR count). The van der Waals surface area contributed by atoms with Gasteiger partial charge in [-0.15, -0.1) is 0 Å². The van der Waals surface area contributed by atoms with E-state index in [1.54, 1.807) is 33.9 Å². The second-order valence-corrected chi connectivity index (χ2v) is 13.2. The molecule has 0 amide bonds. The van der Waals surface area contributed by atoms with E-state index < -0.39 is 12.4 Å². The van der Waals surface area contributed by atoms with E-state index in [-0.39, 0.29) is 0 Å². The molecule has 2 aromatic heterocycles. The fourth-order valence-corrected chi connectivity index (χ4v) is 2.40. The van der Waals surface area contributed by atoms with E-state index >= 15 is 0 Å². The van der Waals surface area contributed by atoms with Gasteiger partial charge in [-0.25, -0.2) is 9.36 Å². The summed E-state index contributed by atoms with van der Waals surface area (Å²) < 4.78 is 28.4. The molecule has 0 atom stereocenters. The first kappa shape index (κ1) is 27.4. The standard InChI is InChI=1S/C10H7ClN2O.C9H7ClN2.CH3F.Cl3OP/c11-9-1-3-10(4-2-9)13-6-8(7-14)5-12-13;10-8-2-4-9(5-3-8)12-7-1-6-11-12;1-2;1-5(2,3)4/h1-7H;1-7H;1H3;/i;;1D;. The molecule has 0 aliphatic carbocycles. The van der Waals surface area contributed by atoms with Crippen molar-refractivity contribution in [2.45, 2.75) is 0 Å². The minimum atomic E-state index is -3.22. The lowest BCUT2D eigenvalue weighted by Gasteiger charge is -1.99. The summed E-state index contributed by atoms with van der Waals surface area (Å²) in [5, 5.41) is 6.32. The molecule has 176 valence electrons. The molecule has 0 aliphatic rings. The largest absolute Gasteiger partial charge is 0.339 e. The Morgan fingerprint density at radius 2 is 1.39 bits per heavy atom. The number of carbonyl (C=O) groups is 1. The Kier molecular flexibility index (Phi) is 12.5. The Labute approximate surface area is 215 Å². The summed E-state index contributed by atoms with van der Waals surface area (Å²) in [5.41, 5.74) is 2.45. The van der Waals surface area contributed by atoms with Gasteiger partial charge in [0.25, 0.3) is 0 Å². The Hall–Kier alpha value is -1.86. The van der Waals surface area contributed by atoms with Crippen LogP contribution in [0.3, 0.4) is 0 Å². The van der Waals surface area contributed by atoms with Crippen LogP contribution in [0, 0.1) is 0 Å². The van der Waals surface area contributed by atoms with Gasteiger partial charge in [0.2, 0.25) is 0 Å². The van der Waals surface area contributed by atoms with Gasteiger partial charge in [-0.1, -0.05) is 23.2 Å². The number of nitrogens with zero attached hydrogens (tertiary/aromatic N) is 4. The summed E-state index contributed by atoms with van der Waals surface area (Å²) in [6, 6.07) is 16.7. The SMILES string of the molecule is Clc1ccc(-n2cccn2)cc1.O=Cc1cnn(-c2ccc(Cl)cc2)c1.O=P(Cl)(Cl)Cl.[2H]CF. The molecule has 33 heavy (non-hydrogen) atoms. The third-order valence-electron chi connectivity index (χ3n) is 3.43. The van der Waals surface area contributed by atoms with E-state index in [1.807, 2.05) is 48.7 Å². The highest BCUT2D eigenvalue weighted by Gasteiger charge is 2.03. The number of aldehydes is 1. The molecule has 0 unspecified atom stereocenters. The van der Waals surface area contributed by atoms with Gasteiger partial charge < -0.3 is 0 Å². The van der Waals surface area contributed by atoms with E-state index in [4.69, 9.17) is 24.6 Å². The molecule has 0 saturated heterocycles. The average Bonchev–Trinajstić information content (AvgIpc) is 3.47. The van der Waals surface area contributed by atoms with Crippen molar-refractivity contribution in [1.29, 1.82) is 0 Å². The first-order chi connectivity index (χ1) is 16.1. The average molecular weight is 574 g/mol. The molecule has 0 spiro atoms. The molecular formula is C20H17Cl5FN4O2P. The van der Waals surface area contributed by atoms with Gasteiger partial charge in [-0.3, -0.25) is 13.8 Å². The lowest BCUT2D eigenvalue weighted by molar-refractivity contribution is 0.112. The molecule has 4 aromatic rings. The third-order valence-corrected chi connectivity index (χ3v) is 3.93. The van der Waals surface area contributed by atoms with Crippen LogP contribution in [-0.2, 0) is 4.57 Å². The van der Waals surface area contributed by atoms with Gasteiger partial charge in [-0.2, -0.15) is 10.2 Å². The zero-order chi connectivity index (χ0) is 25.6. The molecule has 2 aromatic carbocycles. The number of hydrogen-bond donors (Lipinski definition) is 0. The van der Waals surface area contributed by atoms with Crippen molar-refractivity contribution < 1.29 is 15.1 Å². The van der Waals surface area contributed by atoms with Crippen LogP contribution in [-0.4, -0.2) is 33.0 Å². The lowest BCUT2D eigenvalue weighted by Crippen LogP contribution is -1.92. The van der Waals surface area contributed by atoms with Crippen molar-refractivity contribution in [3.05, 3.63) is 95.0 Å². The highest BCUT2D eigenvalue weighted by atomic mass is 36.0. The summed E-state index contributed by atoms with van der Waals surface area (Å²) in [4.78, 5) is 10.4. The number of carbonyl (C=O) groups excluding carboxylic acids is 1. The Morgan fingerprint density at radius 1 is 0.939 bits per heavy atom. The van der Waals surface area contributed by atoms with Crippen LogP contribution in [0.2, 0.25) is 10.0 Å². The van der Waals surface area contributed by atoms with Gasteiger partial charge >= 0.3 is 5.20 Å². The van der Waals surface area contributed by atoms with Crippen LogP contribution >= 0.6 is 62.1 Å². The van der Waals surface area contributed by atoms with E-state index in [1.165, 1.54) is 6.20 Å². The first-order valence-corrected chi connectivity index (χ1v) is 13.8. The van der Waals surface area contributed by atoms with Crippen molar-refractivity contribution >= 4 is 68.4 Å². The fourth-order valence-electron chi connectivity index (χ4n) is 2.15. The van der Waals surface area contributed by atoms with Gasteiger partial charge in [0, 0.05) is 28.6 Å². The maximum absolute atomic E-state index is 10.4. The number of rotatable bonds is 3. The topological polar surface area (TPSA) is 69.8 Å². The molecule has 0 N–H and O–H groups in total. The number of halogens is 6. The second-order valence-electron chi connectivity index (χ2n) is 5.64. The molecule has 13 heteroatoms. The van der Waals surface area contributed by atoms with E-state index in [2.05, 4.69) is 43.9 Å². The summed E-state index contributed by atoms with van der Waals surface area (Å²) in [5.74, 6) is 0. The van der Waals surface area contributed by atoms with E-state index in [9.17, 15) is 13.8 Å². The van der Waals surface area contributed by atoms with Crippen molar-refractivity contribution in [1.82, 2.24) is 19.6 Å². The molecule has 0 bridgehead atoms. The van der Waals surface area contributed by atoms with Gasteiger partial charge in [0.15, 0.2) is 6.29 Å². The number of benzene rings is 2. The zero-order valence-corrected chi connectivity index (χ0v) is 21.3. The molecule has 6 nitrogen and oxygen atoms in total. The van der Waals surface area contributed by atoms with E-state index in [0.29, 0.717) is 10.6 Å². The van der Waals surface area contributed by atoms with Crippen LogP contribution in [0.4, 0.5) is 4.39 Å². The summed E-state index contributed by atoms with van der Waals surface area (Å²) >= 11 is 25.3. The van der Waals surface area contributed by atoms with Crippen LogP contribution < -0.4 is 0 Å². The van der Waals surface area contributed by atoms with Crippen molar-refractivity contribution in [2.75, 3.05) is 7.15 Å². The number of alkyl halides is 1. The number of aromatic nitrogens is 4. The zero-order valence-electron chi connectivity index (χ0n) is 17.6. The van der Waals surface area contributed by atoms with Gasteiger partial charge in [-0.05, 0) is 88.3 Å². The first-order valence-electron chi connectivity index (χ1n) is 9.33. The molecule has 0 aliphatic heterocycles. The minimum Gasteiger partial charge on any atom is -0.298 e. The van der Waals surface area contributed by atoms with Crippen LogP contribution in [0.15, 0.2) is 79.4 Å². The Morgan fingerprint density at radius 3 is 1.76 bits per heavy atom. The quantitative estimate of drug-likeness (QED) is 0.183. The third kappa shape index (κ3) is 12.2. The molecular weight excluding hydrogens is 555 g/mol. The van der Waals surface area contributed by atoms with Crippen molar-refractivity contribution in [2.24, 2.45) is 0 Å². The number of hydrogen-bond acceptors (Lipinski definition) is 4. The van der Waals surface area contributed by atoms with Crippen molar-refractivity contribution in [3.8, 4) is 11.4 Å². The van der Waals surface area contributed by atoms with Crippen molar-refractivity contribution in [3.63, 3.8) is 0 Å². The molecule has 0 radical (unpaired) electrons. The fraction of sp³-hybridized carbons (Fsp3) is 0.0500. The predicted octanol–water partition coefficient (Wildman–Crippen LogP) is 8.26. The molecule has 0 saturated carbocycles. The van der Waals surface area contributed by atoms with Crippen LogP contribution in [0.5, 0.6) is 0 Å². The smallest absolute Gasteiger partial charge is 0.298 e.